The Balaban J connectivity index is 1.23. The zero-order valence-electron chi connectivity index (χ0n) is 24.6. The van der Waals surface area contributed by atoms with Gasteiger partial charge in [-0.2, -0.15) is 0 Å². The largest absolute Gasteiger partial charge is 0.0616 e. The Morgan fingerprint density at radius 1 is 0.289 bits per heavy atom. The van der Waals surface area contributed by atoms with Crippen molar-refractivity contribution >= 4 is 53.9 Å². The van der Waals surface area contributed by atoms with Crippen LogP contribution in [-0.4, -0.2) is 0 Å². The summed E-state index contributed by atoms with van der Waals surface area (Å²) in [6.45, 7) is 0. The molecule has 0 atom stereocenters. The Kier molecular flexibility index (Phi) is 5.15. The lowest BCUT2D eigenvalue weighted by atomic mass is 9.85. The van der Waals surface area contributed by atoms with Gasteiger partial charge in [0.2, 0.25) is 0 Å². The van der Waals surface area contributed by atoms with Crippen LogP contribution in [0.15, 0.2) is 158 Å². The van der Waals surface area contributed by atoms with E-state index in [-0.39, 0.29) is 0 Å². The third-order valence-corrected chi connectivity index (χ3v) is 9.77. The molecule has 0 heteroatoms. The van der Waals surface area contributed by atoms with Crippen LogP contribution in [0.3, 0.4) is 0 Å². The van der Waals surface area contributed by atoms with Gasteiger partial charge >= 0.3 is 0 Å². The number of fused-ring (bicyclic) bond motifs is 9. The molecule has 10 rings (SSSR count). The van der Waals surface area contributed by atoms with Gasteiger partial charge in [-0.25, -0.2) is 0 Å². The van der Waals surface area contributed by atoms with Crippen molar-refractivity contribution in [3.63, 3.8) is 0 Å². The Labute approximate surface area is 261 Å². The maximum absolute atomic E-state index is 2.41. The van der Waals surface area contributed by atoms with Crippen LogP contribution in [-0.2, 0) is 0 Å². The van der Waals surface area contributed by atoms with E-state index < -0.39 is 0 Å². The van der Waals surface area contributed by atoms with Gasteiger partial charge in [0, 0.05) is 6.42 Å². The molecule has 1 radical (unpaired) electrons. The van der Waals surface area contributed by atoms with Crippen LogP contribution < -0.4 is 0 Å². The van der Waals surface area contributed by atoms with E-state index in [1.165, 1.54) is 98.4 Å². The van der Waals surface area contributed by atoms with E-state index in [0.717, 1.165) is 0 Å². The lowest BCUT2D eigenvalue weighted by molar-refractivity contribution is 1.64. The van der Waals surface area contributed by atoms with E-state index in [0.29, 0.717) is 0 Å². The van der Waals surface area contributed by atoms with Crippen LogP contribution in [0.5, 0.6) is 0 Å². The molecule has 0 heterocycles. The fraction of sp³-hybridized carbons (Fsp3) is 0. The molecule has 1 aliphatic carbocycles. The van der Waals surface area contributed by atoms with Crippen LogP contribution in [0, 0.1) is 6.42 Å². The van der Waals surface area contributed by atoms with Gasteiger partial charge in [-0.15, -0.1) is 0 Å². The number of benzene rings is 9. The normalized spacial score (nSPS) is 12.4. The zero-order chi connectivity index (χ0) is 29.5. The summed E-state index contributed by atoms with van der Waals surface area (Å²) in [5, 5.41) is 13.0. The molecule has 1 aliphatic rings. The number of hydrogen-bond acceptors (Lipinski definition) is 0. The second kappa shape index (κ2) is 9.39. The summed E-state index contributed by atoms with van der Waals surface area (Å²) in [5.41, 5.74) is 10.4. The van der Waals surface area contributed by atoms with Gasteiger partial charge < -0.3 is 0 Å². The quantitative estimate of drug-likeness (QED) is 0.147. The predicted octanol–water partition coefficient (Wildman–Crippen LogP) is 12.4. The zero-order valence-corrected chi connectivity index (χ0v) is 24.6. The summed E-state index contributed by atoms with van der Waals surface area (Å²) < 4.78 is 0. The minimum Gasteiger partial charge on any atom is -0.0616 e. The lowest BCUT2D eigenvalue weighted by Crippen LogP contribution is -1.91. The van der Waals surface area contributed by atoms with Gasteiger partial charge in [-0.1, -0.05) is 146 Å². The predicted molar refractivity (Wildman–Crippen MR) is 193 cm³/mol. The van der Waals surface area contributed by atoms with E-state index >= 15 is 0 Å². The van der Waals surface area contributed by atoms with Crippen LogP contribution >= 0.6 is 0 Å². The van der Waals surface area contributed by atoms with Gasteiger partial charge in [0.05, 0.1) is 0 Å². The molecule has 0 saturated heterocycles. The van der Waals surface area contributed by atoms with Crippen LogP contribution in [0.1, 0.15) is 11.1 Å². The van der Waals surface area contributed by atoms with E-state index in [9.17, 15) is 0 Å². The lowest BCUT2D eigenvalue weighted by Gasteiger charge is -2.18. The molecule has 0 amide bonds. The molecule has 0 unspecified atom stereocenters. The van der Waals surface area contributed by atoms with E-state index in [4.69, 9.17) is 0 Å². The summed E-state index contributed by atoms with van der Waals surface area (Å²) >= 11 is 0. The van der Waals surface area contributed by atoms with E-state index in [1.807, 2.05) is 0 Å². The maximum atomic E-state index is 2.41. The van der Waals surface area contributed by atoms with Crippen LogP contribution in [0.2, 0.25) is 0 Å². The first-order chi connectivity index (χ1) is 22.3. The molecule has 0 spiro atoms. The first kappa shape index (κ1) is 24.7. The standard InChI is InChI=1S/C45H27/c1-2-12-29-25-32(24-23-28(29)11-1)44-39-19-7-5-17-37(39)43(38-18-6-8-20-40(38)44)31-14-9-13-30(26-31)33-21-10-22-36-34-15-3-4-16-35(34)41-27-42(41)45(33)36/h1-27H. The van der Waals surface area contributed by atoms with Crippen molar-refractivity contribution in [3.8, 4) is 33.4 Å². The molecule has 9 aromatic rings. The molecular formula is C45H27. The molecule has 207 valence electrons. The van der Waals surface area contributed by atoms with Crippen molar-refractivity contribution in [2.45, 2.75) is 0 Å². The SMILES string of the molecule is [CH]1c2c1c1c(-c3cccc(-c4c5ccccc5c(-c5ccc6ccccc6c5)c5ccccc45)c3)cccc1c1ccccc21. The molecule has 9 aromatic carbocycles. The third-order valence-electron chi connectivity index (χ3n) is 9.77. The molecule has 0 aliphatic heterocycles. The van der Waals surface area contributed by atoms with E-state index in [2.05, 4.69) is 164 Å². The van der Waals surface area contributed by atoms with Crippen LogP contribution in [0.4, 0.5) is 0 Å². The van der Waals surface area contributed by atoms with Gasteiger partial charge in [0.1, 0.15) is 0 Å². The first-order valence-corrected chi connectivity index (χ1v) is 15.7. The monoisotopic (exact) mass is 567 g/mol. The summed E-state index contributed by atoms with van der Waals surface area (Å²) in [6.07, 6.45) is 2.35. The molecule has 0 fully saturated rings. The van der Waals surface area contributed by atoms with Gasteiger partial charge in [0.15, 0.2) is 0 Å². The second-order valence-corrected chi connectivity index (χ2v) is 12.2. The molecule has 0 N–H and O–H groups in total. The number of hydrogen-bond donors (Lipinski definition) is 0. The van der Waals surface area contributed by atoms with Crippen molar-refractivity contribution in [1.29, 1.82) is 0 Å². The topological polar surface area (TPSA) is 0 Å². The second-order valence-electron chi connectivity index (χ2n) is 12.2. The molecule has 0 saturated carbocycles. The van der Waals surface area contributed by atoms with Crippen molar-refractivity contribution in [2.75, 3.05) is 0 Å². The first-order valence-electron chi connectivity index (χ1n) is 15.7. The molecule has 0 bridgehead atoms. The fourth-order valence-electron chi connectivity index (χ4n) is 7.74. The smallest absolute Gasteiger partial charge is 0.0218 e. The highest BCUT2D eigenvalue weighted by Crippen LogP contribution is 2.49. The molecule has 0 nitrogen and oxygen atoms in total. The van der Waals surface area contributed by atoms with Crippen molar-refractivity contribution in [2.24, 2.45) is 0 Å². The minimum absolute atomic E-state index is 1.24. The Morgan fingerprint density at radius 3 is 1.53 bits per heavy atom. The summed E-state index contributed by atoms with van der Waals surface area (Å²) in [6, 6.07) is 58.2. The highest BCUT2D eigenvalue weighted by Gasteiger charge is 2.27. The summed E-state index contributed by atoms with van der Waals surface area (Å²) in [5.74, 6) is 0. The van der Waals surface area contributed by atoms with Gasteiger partial charge in [-0.05, 0) is 111 Å². The van der Waals surface area contributed by atoms with Crippen molar-refractivity contribution in [1.82, 2.24) is 0 Å². The Morgan fingerprint density at radius 2 is 0.822 bits per heavy atom. The summed E-state index contributed by atoms with van der Waals surface area (Å²) in [4.78, 5) is 0. The van der Waals surface area contributed by atoms with Gasteiger partial charge in [-0.3, -0.25) is 0 Å². The molecule has 0 aromatic heterocycles. The summed E-state index contributed by atoms with van der Waals surface area (Å²) in [7, 11) is 0. The van der Waals surface area contributed by atoms with Crippen LogP contribution in [0.25, 0.3) is 87.2 Å². The maximum Gasteiger partial charge on any atom is 0.0218 e. The van der Waals surface area contributed by atoms with E-state index in [1.54, 1.807) is 0 Å². The third kappa shape index (κ3) is 3.66. The molecular weight excluding hydrogens is 540 g/mol. The average molecular weight is 568 g/mol. The fourth-order valence-corrected chi connectivity index (χ4v) is 7.74. The Bertz CT molecular complexity index is 2620. The van der Waals surface area contributed by atoms with Gasteiger partial charge in [0.25, 0.3) is 0 Å². The highest BCUT2D eigenvalue weighted by atomic mass is 14.3. The number of rotatable bonds is 3. The van der Waals surface area contributed by atoms with Crippen molar-refractivity contribution in [3.05, 3.63) is 175 Å². The minimum atomic E-state index is 1.24. The highest BCUT2D eigenvalue weighted by molar-refractivity contribution is 6.23. The Hall–Kier alpha value is -5.72. The van der Waals surface area contributed by atoms with Crippen molar-refractivity contribution < 1.29 is 0 Å². The molecule has 45 heavy (non-hydrogen) atoms. The average Bonchev–Trinajstić information content (AvgIpc) is 3.92.